The summed E-state index contributed by atoms with van der Waals surface area (Å²) < 4.78 is 9.64. The highest BCUT2D eigenvalue weighted by Crippen LogP contribution is 2.42. The van der Waals surface area contributed by atoms with Gasteiger partial charge >= 0.3 is 0 Å². The van der Waals surface area contributed by atoms with Crippen molar-refractivity contribution in [1.82, 2.24) is 4.37 Å². The van der Waals surface area contributed by atoms with Crippen molar-refractivity contribution in [3.05, 3.63) is 48.2 Å². The number of ether oxygens (including phenoxy) is 1. The standard InChI is InChI=1S/C18H18N2O2S/c1-3-11-8-14(16(21)9-17(11)22-2)18-15(10-20-23-18)12-4-6-13(19)7-5-12/h4-10,21H,3,19H2,1-2H3. The third kappa shape index (κ3) is 2.87. The number of hydrogen-bond donors (Lipinski definition) is 2. The van der Waals surface area contributed by atoms with Crippen molar-refractivity contribution in [2.45, 2.75) is 13.3 Å². The summed E-state index contributed by atoms with van der Waals surface area (Å²) in [5.41, 5.74) is 10.3. The molecule has 0 unspecified atom stereocenters. The summed E-state index contributed by atoms with van der Waals surface area (Å²) in [6.45, 7) is 2.06. The van der Waals surface area contributed by atoms with Crippen molar-refractivity contribution in [3.63, 3.8) is 0 Å². The summed E-state index contributed by atoms with van der Waals surface area (Å²) in [5, 5.41) is 10.4. The number of nitrogens with two attached hydrogens (primary N) is 1. The lowest BCUT2D eigenvalue weighted by Crippen LogP contribution is -1.92. The smallest absolute Gasteiger partial charge is 0.128 e. The summed E-state index contributed by atoms with van der Waals surface area (Å²) in [5.74, 6) is 0.896. The number of aromatic hydroxyl groups is 1. The van der Waals surface area contributed by atoms with E-state index in [0.29, 0.717) is 5.75 Å². The van der Waals surface area contributed by atoms with Crippen molar-refractivity contribution in [2.24, 2.45) is 0 Å². The Labute approximate surface area is 139 Å². The van der Waals surface area contributed by atoms with Gasteiger partial charge in [-0.3, -0.25) is 0 Å². The molecule has 0 amide bonds. The van der Waals surface area contributed by atoms with E-state index in [1.165, 1.54) is 11.5 Å². The quantitative estimate of drug-likeness (QED) is 0.700. The van der Waals surface area contributed by atoms with Gasteiger partial charge in [0.25, 0.3) is 0 Å². The molecule has 0 aliphatic heterocycles. The molecule has 0 aliphatic carbocycles. The molecule has 0 bridgehead atoms. The molecule has 1 aromatic heterocycles. The maximum atomic E-state index is 10.4. The Kier molecular flexibility index (Phi) is 4.21. The van der Waals surface area contributed by atoms with Crippen molar-refractivity contribution in [3.8, 4) is 33.1 Å². The minimum Gasteiger partial charge on any atom is -0.507 e. The lowest BCUT2D eigenvalue weighted by atomic mass is 10.00. The number of nitrogens with zero attached hydrogens (tertiary/aromatic N) is 1. The predicted octanol–water partition coefficient (Wildman–Crippen LogP) is 4.34. The van der Waals surface area contributed by atoms with E-state index in [2.05, 4.69) is 11.3 Å². The highest BCUT2D eigenvalue weighted by Gasteiger charge is 2.16. The maximum absolute atomic E-state index is 10.4. The molecule has 0 spiro atoms. The van der Waals surface area contributed by atoms with Crippen LogP contribution in [0.2, 0.25) is 0 Å². The molecule has 118 valence electrons. The summed E-state index contributed by atoms with van der Waals surface area (Å²) in [7, 11) is 1.61. The zero-order chi connectivity index (χ0) is 16.4. The second-order valence-corrected chi connectivity index (χ2v) is 6.03. The van der Waals surface area contributed by atoms with Crippen LogP contribution in [0.5, 0.6) is 11.5 Å². The van der Waals surface area contributed by atoms with E-state index >= 15 is 0 Å². The fraction of sp³-hybridized carbons (Fsp3) is 0.167. The van der Waals surface area contributed by atoms with Gasteiger partial charge in [-0.05, 0) is 47.3 Å². The van der Waals surface area contributed by atoms with Crippen LogP contribution in [-0.4, -0.2) is 16.6 Å². The van der Waals surface area contributed by atoms with Crippen LogP contribution in [0.25, 0.3) is 21.6 Å². The van der Waals surface area contributed by atoms with Crippen LogP contribution in [-0.2, 0) is 6.42 Å². The normalized spacial score (nSPS) is 10.7. The molecule has 4 nitrogen and oxygen atoms in total. The number of anilines is 1. The first-order valence-corrected chi connectivity index (χ1v) is 8.12. The highest BCUT2D eigenvalue weighted by atomic mass is 32.1. The lowest BCUT2D eigenvalue weighted by Gasteiger charge is -2.12. The van der Waals surface area contributed by atoms with Crippen molar-refractivity contribution >= 4 is 17.2 Å². The zero-order valence-corrected chi connectivity index (χ0v) is 13.9. The molecule has 2 aromatic carbocycles. The van der Waals surface area contributed by atoms with Gasteiger partial charge in [0.2, 0.25) is 0 Å². The fourth-order valence-electron chi connectivity index (χ4n) is 2.56. The van der Waals surface area contributed by atoms with Crippen LogP contribution in [0.3, 0.4) is 0 Å². The van der Waals surface area contributed by atoms with E-state index < -0.39 is 0 Å². The van der Waals surface area contributed by atoms with Gasteiger partial charge in [0, 0.05) is 29.1 Å². The summed E-state index contributed by atoms with van der Waals surface area (Å²) in [4.78, 5) is 0.935. The largest absolute Gasteiger partial charge is 0.507 e. The molecule has 0 saturated heterocycles. The van der Waals surface area contributed by atoms with Crippen molar-refractivity contribution in [2.75, 3.05) is 12.8 Å². The summed E-state index contributed by atoms with van der Waals surface area (Å²) in [6, 6.07) is 11.3. The summed E-state index contributed by atoms with van der Waals surface area (Å²) >= 11 is 1.37. The second kappa shape index (κ2) is 6.30. The molecule has 0 aliphatic rings. The monoisotopic (exact) mass is 326 g/mol. The number of hydrogen-bond acceptors (Lipinski definition) is 5. The van der Waals surface area contributed by atoms with Crippen molar-refractivity contribution < 1.29 is 9.84 Å². The molecular formula is C18H18N2O2S. The average molecular weight is 326 g/mol. The molecule has 0 atom stereocenters. The number of rotatable bonds is 4. The summed E-state index contributed by atoms with van der Waals surface area (Å²) in [6.07, 6.45) is 2.65. The Morgan fingerprint density at radius 3 is 2.57 bits per heavy atom. The van der Waals surface area contributed by atoms with Crippen LogP contribution in [0.4, 0.5) is 5.69 Å². The van der Waals surface area contributed by atoms with Gasteiger partial charge in [-0.15, -0.1) is 0 Å². The van der Waals surface area contributed by atoms with Gasteiger partial charge < -0.3 is 15.6 Å². The molecule has 0 saturated carbocycles. The molecular weight excluding hydrogens is 308 g/mol. The van der Waals surface area contributed by atoms with E-state index in [1.807, 2.05) is 36.5 Å². The minimum absolute atomic E-state index is 0.194. The SMILES string of the molecule is CCc1cc(-c2sncc2-c2ccc(N)cc2)c(O)cc1OC. The Bertz CT molecular complexity index is 826. The Morgan fingerprint density at radius 1 is 1.17 bits per heavy atom. The topological polar surface area (TPSA) is 68.4 Å². The third-order valence-electron chi connectivity index (χ3n) is 3.82. The fourth-order valence-corrected chi connectivity index (χ4v) is 3.36. The number of benzene rings is 2. The van der Waals surface area contributed by atoms with E-state index in [-0.39, 0.29) is 5.75 Å². The maximum Gasteiger partial charge on any atom is 0.128 e. The van der Waals surface area contributed by atoms with Crippen LogP contribution in [0, 0.1) is 0 Å². The van der Waals surface area contributed by atoms with E-state index in [9.17, 15) is 5.11 Å². The van der Waals surface area contributed by atoms with Crippen LogP contribution >= 0.6 is 11.5 Å². The molecule has 5 heteroatoms. The number of aryl methyl sites for hydroxylation is 1. The Balaban J connectivity index is 2.13. The number of phenols is 1. The number of aromatic nitrogens is 1. The molecule has 3 N–H and O–H groups in total. The van der Waals surface area contributed by atoms with E-state index in [4.69, 9.17) is 10.5 Å². The molecule has 0 fully saturated rings. The third-order valence-corrected chi connectivity index (χ3v) is 4.65. The predicted molar refractivity (Wildman–Crippen MR) is 95.0 cm³/mol. The first kappa shape index (κ1) is 15.4. The zero-order valence-electron chi connectivity index (χ0n) is 13.0. The van der Waals surface area contributed by atoms with Crippen LogP contribution in [0.1, 0.15) is 12.5 Å². The van der Waals surface area contributed by atoms with E-state index in [1.54, 1.807) is 13.2 Å². The number of nitrogen functional groups attached to an aromatic ring is 1. The van der Waals surface area contributed by atoms with Gasteiger partial charge in [0.15, 0.2) is 0 Å². The first-order valence-electron chi connectivity index (χ1n) is 7.34. The minimum atomic E-state index is 0.194. The molecule has 23 heavy (non-hydrogen) atoms. The van der Waals surface area contributed by atoms with Gasteiger partial charge in [0.05, 0.1) is 12.0 Å². The molecule has 1 heterocycles. The molecule has 3 rings (SSSR count). The van der Waals surface area contributed by atoms with Gasteiger partial charge in [-0.25, -0.2) is 0 Å². The van der Waals surface area contributed by atoms with E-state index in [0.717, 1.165) is 39.2 Å². The van der Waals surface area contributed by atoms with Crippen molar-refractivity contribution in [1.29, 1.82) is 0 Å². The van der Waals surface area contributed by atoms with Gasteiger partial charge in [-0.1, -0.05) is 19.1 Å². The molecule has 3 aromatic rings. The average Bonchev–Trinajstić information content (AvgIpc) is 3.04. The Hall–Kier alpha value is -2.53. The van der Waals surface area contributed by atoms with Crippen LogP contribution in [0.15, 0.2) is 42.6 Å². The highest BCUT2D eigenvalue weighted by molar-refractivity contribution is 7.10. The van der Waals surface area contributed by atoms with Crippen LogP contribution < -0.4 is 10.5 Å². The molecule has 0 radical (unpaired) electrons. The van der Waals surface area contributed by atoms with Gasteiger partial charge in [-0.2, -0.15) is 4.37 Å². The Morgan fingerprint density at radius 2 is 1.91 bits per heavy atom. The second-order valence-electron chi connectivity index (χ2n) is 5.23. The number of phenolic OH excluding ortho intramolecular Hbond substituents is 1. The first-order chi connectivity index (χ1) is 11.1. The number of methoxy groups -OCH3 is 1. The van der Waals surface area contributed by atoms with Gasteiger partial charge in [0.1, 0.15) is 11.5 Å². The lowest BCUT2D eigenvalue weighted by molar-refractivity contribution is 0.403.